The van der Waals surface area contributed by atoms with Crippen molar-refractivity contribution in [3.8, 4) is 0 Å². The first-order valence-corrected chi connectivity index (χ1v) is 10.2. The maximum atomic E-state index is 14.4. The summed E-state index contributed by atoms with van der Waals surface area (Å²) >= 11 is 0. The number of hydrogen-bond donors (Lipinski definition) is 0. The second-order valence-corrected chi connectivity index (χ2v) is 10.5. The number of esters is 1. The van der Waals surface area contributed by atoms with Crippen molar-refractivity contribution in [2.45, 2.75) is 50.2 Å². The Balaban J connectivity index is 3.33. The van der Waals surface area contributed by atoms with Gasteiger partial charge in [0.25, 0.3) is 19.9 Å². The van der Waals surface area contributed by atoms with Crippen molar-refractivity contribution in [2.24, 2.45) is 0 Å². The summed E-state index contributed by atoms with van der Waals surface area (Å²) in [5.41, 5.74) is -1.27. The van der Waals surface area contributed by atoms with E-state index in [0.29, 0.717) is 23.6 Å². The van der Waals surface area contributed by atoms with Gasteiger partial charge in [0.05, 0.1) is 0 Å². The summed E-state index contributed by atoms with van der Waals surface area (Å²) in [5, 5.41) is 8.86. The predicted molar refractivity (Wildman–Crippen MR) is 85.9 cm³/mol. The lowest BCUT2D eigenvalue weighted by molar-refractivity contribution is -0.148. The molecular weight excluding hydrogens is 382 g/mol. The number of halogens is 2. The standard InChI is InChI=1S/C13H19F2N2O6S2/c1-12(2,3)23-11(18)10(9-16)24(19,20)13(14,15)25(21,22)17-7-5-4-6-8-17/h4-8H2,1-3H3/q-1. The number of nitrogens with zero attached hydrogens (tertiary/aromatic N) is 2. The van der Waals surface area contributed by atoms with E-state index in [1.54, 1.807) is 0 Å². The molecule has 1 saturated heterocycles. The Morgan fingerprint density at radius 2 is 1.56 bits per heavy atom. The Morgan fingerprint density at radius 3 is 1.96 bits per heavy atom. The lowest BCUT2D eigenvalue weighted by Crippen LogP contribution is -2.50. The van der Waals surface area contributed by atoms with Crippen molar-refractivity contribution >= 4 is 31.7 Å². The monoisotopic (exact) mass is 401 g/mol. The van der Waals surface area contributed by atoms with Crippen LogP contribution in [-0.4, -0.2) is 56.3 Å². The van der Waals surface area contributed by atoms with Crippen LogP contribution in [0.5, 0.6) is 0 Å². The van der Waals surface area contributed by atoms with Crippen LogP contribution < -0.4 is 0 Å². The highest BCUT2D eigenvalue weighted by molar-refractivity contribution is 8.11. The summed E-state index contributed by atoms with van der Waals surface area (Å²) < 4.78 is 76.8. The normalized spacial score (nSPS) is 17.6. The molecule has 0 aromatic carbocycles. The molecule has 0 aliphatic carbocycles. The number of sulfone groups is 1. The summed E-state index contributed by atoms with van der Waals surface area (Å²) in [4.78, 5) is 9.83. The zero-order chi connectivity index (χ0) is 19.7. The molecule has 0 atom stereocenters. The number of alkyl halides is 2. The van der Waals surface area contributed by atoms with E-state index in [1.807, 2.05) is 0 Å². The molecule has 0 unspecified atom stereocenters. The van der Waals surface area contributed by atoms with Gasteiger partial charge < -0.3 is 10.1 Å². The largest absolute Gasteiger partial charge is 0.762 e. The van der Waals surface area contributed by atoms with Crippen LogP contribution in [0.3, 0.4) is 0 Å². The van der Waals surface area contributed by atoms with Crippen molar-refractivity contribution in [1.29, 1.82) is 0 Å². The number of hydrogen-bond acceptors (Lipinski definition) is 6. The summed E-state index contributed by atoms with van der Waals surface area (Å²) in [5.74, 6) is -0.993. The smallest absolute Gasteiger partial charge is 0.464 e. The maximum Gasteiger partial charge on any atom is 0.464 e. The Labute approximate surface area is 145 Å². The quantitative estimate of drug-likeness (QED) is 0.388. The van der Waals surface area contributed by atoms with Gasteiger partial charge >= 0.3 is 10.6 Å². The van der Waals surface area contributed by atoms with Crippen molar-refractivity contribution in [3.05, 3.63) is 10.3 Å². The average molecular weight is 401 g/mol. The predicted octanol–water partition coefficient (Wildman–Crippen LogP) is 1.23. The van der Waals surface area contributed by atoms with Gasteiger partial charge in [0.2, 0.25) is 0 Å². The Bertz CT molecular complexity index is 787. The third-order valence-corrected chi connectivity index (χ3v) is 7.58. The van der Waals surface area contributed by atoms with Gasteiger partial charge in [0.15, 0.2) is 4.91 Å². The second-order valence-electron chi connectivity index (χ2n) is 6.37. The first-order chi connectivity index (χ1) is 11.2. The van der Waals surface area contributed by atoms with Gasteiger partial charge in [-0.15, -0.1) is 0 Å². The highest BCUT2D eigenvalue weighted by Gasteiger charge is 2.62. The molecule has 0 bridgehead atoms. The zero-order valence-corrected chi connectivity index (χ0v) is 15.6. The Hall–Kier alpha value is -1.36. The first kappa shape index (κ1) is 21.7. The van der Waals surface area contributed by atoms with Gasteiger partial charge in [0, 0.05) is 13.1 Å². The average Bonchev–Trinajstić information content (AvgIpc) is 2.46. The highest BCUT2D eigenvalue weighted by atomic mass is 32.3. The number of sulfonamides is 1. The Morgan fingerprint density at radius 1 is 1.08 bits per heavy atom. The summed E-state index contributed by atoms with van der Waals surface area (Å²) in [6, 6.07) is 0. The summed E-state index contributed by atoms with van der Waals surface area (Å²) in [6.45, 7) is 3.46. The highest BCUT2D eigenvalue weighted by Crippen LogP contribution is 2.37. The molecule has 0 aromatic rings. The Kier molecular flexibility index (Phi) is 6.16. The fraction of sp³-hybridized carbons (Fsp3) is 0.769. The fourth-order valence-corrected chi connectivity index (χ4v) is 5.39. The van der Waals surface area contributed by atoms with E-state index in [4.69, 9.17) is 5.41 Å². The van der Waals surface area contributed by atoms with Crippen molar-refractivity contribution < 1.29 is 35.1 Å². The minimum Gasteiger partial charge on any atom is -0.762 e. The molecule has 1 aliphatic heterocycles. The number of rotatable bonds is 5. The van der Waals surface area contributed by atoms with Gasteiger partial charge in [0.1, 0.15) is 5.60 Å². The molecular formula is C13H19F2N2O6S2-. The topological polar surface area (TPSA) is 120 Å². The van der Waals surface area contributed by atoms with Crippen LogP contribution in [0, 0.1) is 0 Å². The van der Waals surface area contributed by atoms with Gasteiger partial charge in [-0.1, -0.05) is 6.42 Å². The number of carbonyl (C=O) groups excluding carboxylic acids is 1. The third kappa shape index (κ3) is 4.25. The summed E-state index contributed by atoms with van der Waals surface area (Å²) in [6.07, 6.45) is 1.23. The number of piperidine rings is 1. The fourth-order valence-electron chi connectivity index (χ4n) is 2.05. The molecule has 8 nitrogen and oxygen atoms in total. The van der Waals surface area contributed by atoms with Crippen LogP contribution in [0.1, 0.15) is 40.0 Å². The molecule has 25 heavy (non-hydrogen) atoms. The molecule has 0 aromatic heterocycles. The minimum absolute atomic E-state index is 0.262. The second kappa shape index (κ2) is 7.10. The molecule has 1 heterocycles. The molecule has 0 amide bonds. The lowest BCUT2D eigenvalue weighted by atomic mass is 10.2. The van der Waals surface area contributed by atoms with E-state index >= 15 is 0 Å². The molecule has 1 rings (SSSR count). The molecule has 12 heteroatoms. The SMILES string of the molecule is CC(C)(C)OC(=O)C(=C=[N-])S(=O)(=O)C(F)(F)S(=O)(=O)N1CCCCC1. The van der Waals surface area contributed by atoms with Crippen molar-refractivity contribution in [2.75, 3.05) is 13.1 Å². The maximum absolute atomic E-state index is 14.4. The van der Waals surface area contributed by atoms with Crippen LogP contribution in [-0.2, 0) is 29.4 Å². The van der Waals surface area contributed by atoms with Crippen LogP contribution in [0.2, 0.25) is 0 Å². The van der Waals surface area contributed by atoms with Crippen LogP contribution >= 0.6 is 0 Å². The first-order valence-electron chi connectivity index (χ1n) is 7.31. The van der Waals surface area contributed by atoms with Crippen LogP contribution in [0.15, 0.2) is 4.91 Å². The zero-order valence-electron chi connectivity index (χ0n) is 14.0. The molecule has 144 valence electrons. The van der Waals surface area contributed by atoms with Crippen molar-refractivity contribution in [3.63, 3.8) is 0 Å². The molecule has 1 aliphatic rings. The van der Waals surface area contributed by atoms with Crippen molar-refractivity contribution in [1.82, 2.24) is 4.31 Å². The summed E-state index contributed by atoms with van der Waals surface area (Å²) in [7, 11) is -11.7. The minimum atomic E-state index is -6.11. The van der Waals surface area contributed by atoms with Crippen LogP contribution in [0.4, 0.5) is 8.78 Å². The molecule has 0 N–H and O–H groups in total. The van der Waals surface area contributed by atoms with E-state index < -0.39 is 40.9 Å². The van der Waals surface area contributed by atoms with E-state index in [2.05, 4.69) is 4.74 Å². The molecule has 1 fully saturated rings. The van der Waals surface area contributed by atoms with E-state index in [-0.39, 0.29) is 13.1 Å². The number of ether oxygens (including phenoxy) is 1. The lowest BCUT2D eigenvalue weighted by Gasteiger charge is -2.29. The van der Waals surface area contributed by atoms with E-state index in [9.17, 15) is 30.4 Å². The van der Waals surface area contributed by atoms with Crippen LogP contribution in [0.25, 0.3) is 5.41 Å². The molecule has 0 spiro atoms. The molecule has 0 saturated carbocycles. The third-order valence-electron chi connectivity index (χ3n) is 3.22. The van der Waals surface area contributed by atoms with E-state index in [0.717, 1.165) is 5.87 Å². The molecule has 0 radical (unpaired) electrons. The van der Waals surface area contributed by atoms with Gasteiger partial charge in [-0.05, 0) is 33.6 Å². The van der Waals surface area contributed by atoms with Gasteiger partial charge in [-0.25, -0.2) is 27.5 Å². The number of carbonyl (C=O) groups is 1. The van der Waals surface area contributed by atoms with Gasteiger partial charge in [-0.2, -0.15) is 13.1 Å². The van der Waals surface area contributed by atoms with E-state index in [1.165, 1.54) is 20.8 Å². The van der Waals surface area contributed by atoms with Gasteiger partial charge in [-0.3, -0.25) is 0 Å².